The number of nitrogens with one attached hydrogen (secondary N) is 2. The molecule has 132 valence electrons. The van der Waals surface area contributed by atoms with Crippen molar-refractivity contribution < 1.29 is 14.4 Å². The maximum atomic E-state index is 12.5. The Hall–Kier alpha value is -3.41. The van der Waals surface area contributed by atoms with Crippen LogP contribution < -0.4 is 10.6 Å². The highest BCUT2D eigenvalue weighted by atomic mass is 16.2. The van der Waals surface area contributed by atoms with E-state index in [-0.39, 0.29) is 12.2 Å². The van der Waals surface area contributed by atoms with Crippen LogP contribution in [-0.4, -0.2) is 29.3 Å². The summed E-state index contributed by atoms with van der Waals surface area (Å²) in [5.41, 5.74) is 3.67. The molecule has 0 unspecified atom stereocenters. The van der Waals surface area contributed by atoms with Crippen molar-refractivity contribution in [3.8, 4) is 0 Å². The number of carbonyl (C=O) groups is 3. The summed E-state index contributed by atoms with van der Waals surface area (Å²) < 4.78 is 0. The summed E-state index contributed by atoms with van der Waals surface area (Å²) in [7, 11) is 0. The Morgan fingerprint density at radius 1 is 1.08 bits per heavy atom. The Labute approximate surface area is 151 Å². The molecule has 1 fully saturated rings. The van der Waals surface area contributed by atoms with Gasteiger partial charge in [-0.05, 0) is 43.2 Å². The van der Waals surface area contributed by atoms with Crippen LogP contribution in [0.4, 0.5) is 10.5 Å². The largest absolute Gasteiger partial charge is 0.329 e. The van der Waals surface area contributed by atoms with E-state index in [1.165, 1.54) is 0 Å². The molecular weight excluding hydrogens is 330 g/mol. The van der Waals surface area contributed by atoms with Crippen LogP contribution in [0.2, 0.25) is 0 Å². The number of benzene rings is 2. The summed E-state index contributed by atoms with van der Waals surface area (Å²) in [6, 6.07) is 14.2. The monoisotopic (exact) mass is 349 g/mol. The first-order valence-electron chi connectivity index (χ1n) is 8.21. The van der Waals surface area contributed by atoms with E-state index in [0.717, 1.165) is 21.6 Å². The molecule has 4 amide bonds. The van der Waals surface area contributed by atoms with Crippen molar-refractivity contribution in [3.05, 3.63) is 70.9 Å². The van der Waals surface area contributed by atoms with Gasteiger partial charge < -0.3 is 10.6 Å². The molecule has 1 aliphatic rings. The number of hydrogen-bond donors (Lipinski definition) is 2. The molecule has 0 bridgehead atoms. The van der Waals surface area contributed by atoms with Crippen LogP contribution in [-0.2, 0) is 9.59 Å². The van der Waals surface area contributed by atoms with Gasteiger partial charge >= 0.3 is 6.03 Å². The van der Waals surface area contributed by atoms with E-state index in [1.54, 1.807) is 18.2 Å². The first-order chi connectivity index (χ1) is 12.4. The van der Waals surface area contributed by atoms with Crippen LogP contribution in [0.1, 0.15) is 16.7 Å². The van der Waals surface area contributed by atoms with Gasteiger partial charge in [0, 0.05) is 5.69 Å². The molecule has 0 atom stereocenters. The van der Waals surface area contributed by atoms with Gasteiger partial charge in [0.25, 0.3) is 5.91 Å². The van der Waals surface area contributed by atoms with Crippen LogP contribution in [0.15, 0.2) is 54.2 Å². The van der Waals surface area contributed by atoms with E-state index in [4.69, 9.17) is 0 Å². The highest BCUT2D eigenvalue weighted by molar-refractivity contribution is 6.16. The molecule has 0 saturated carbocycles. The van der Waals surface area contributed by atoms with Gasteiger partial charge in [-0.1, -0.05) is 42.0 Å². The normalized spacial score (nSPS) is 15.3. The quantitative estimate of drug-likeness (QED) is 0.658. The first-order valence-corrected chi connectivity index (χ1v) is 8.21. The maximum Gasteiger partial charge on any atom is 0.329 e. The molecule has 1 aliphatic heterocycles. The molecule has 0 radical (unpaired) electrons. The molecule has 6 heteroatoms. The van der Waals surface area contributed by atoms with Crippen molar-refractivity contribution in [3.63, 3.8) is 0 Å². The number of hydrogen-bond acceptors (Lipinski definition) is 3. The summed E-state index contributed by atoms with van der Waals surface area (Å²) in [6.07, 6.45) is 1.62. The Morgan fingerprint density at radius 3 is 2.46 bits per heavy atom. The molecular formula is C20H19N3O3. The molecule has 1 saturated heterocycles. The Balaban J connectivity index is 1.70. The summed E-state index contributed by atoms with van der Waals surface area (Å²) in [6.45, 7) is 3.52. The number of aryl methyl sites for hydroxylation is 2. The third kappa shape index (κ3) is 3.80. The minimum absolute atomic E-state index is 0.160. The summed E-state index contributed by atoms with van der Waals surface area (Å²) in [4.78, 5) is 37.6. The molecule has 2 aromatic rings. The maximum absolute atomic E-state index is 12.5. The molecule has 0 spiro atoms. The Morgan fingerprint density at radius 2 is 1.77 bits per heavy atom. The van der Waals surface area contributed by atoms with Gasteiger partial charge in [0.2, 0.25) is 5.91 Å². The average molecular weight is 349 g/mol. The second kappa shape index (κ2) is 7.23. The van der Waals surface area contributed by atoms with E-state index in [9.17, 15) is 14.4 Å². The van der Waals surface area contributed by atoms with Gasteiger partial charge in [0.15, 0.2) is 0 Å². The van der Waals surface area contributed by atoms with Gasteiger partial charge in [0.05, 0.1) is 0 Å². The SMILES string of the molecule is Cc1ccc(NC(=O)CN2C(=O)NC(=Cc3ccccc3C)C2=O)cc1. The Kier molecular flexibility index (Phi) is 4.84. The van der Waals surface area contributed by atoms with Gasteiger partial charge in [-0.2, -0.15) is 0 Å². The van der Waals surface area contributed by atoms with E-state index in [2.05, 4.69) is 10.6 Å². The molecule has 3 rings (SSSR count). The zero-order valence-corrected chi connectivity index (χ0v) is 14.6. The Bertz CT molecular complexity index is 901. The third-order valence-corrected chi connectivity index (χ3v) is 4.09. The second-order valence-corrected chi connectivity index (χ2v) is 6.15. The number of imide groups is 1. The van der Waals surface area contributed by atoms with Crippen molar-refractivity contribution in [2.75, 3.05) is 11.9 Å². The van der Waals surface area contributed by atoms with Crippen molar-refractivity contribution in [1.29, 1.82) is 0 Å². The predicted molar refractivity (Wildman–Crippen MR) is 99.2 cm³/mol. The van der Waals surface area contributed by atoms with Crippen LogP contribution in [0.3, 0.4) is 0 Å². The number of anilines is 1. The molecule has 2 N–H and O–H groups in total. The van der Waals surface area contributed by atoms with Crippen LogP contribution >= 0.6 is 0 Å². The number of urea groups is 1. The molecule has 0 aliphatic carbocycles. The summed E-state index contributed by atoms with van der Waals surface area (Å²) in [5, 5.41) is 5.20. The van der Waals surface area contributed by atoms with Crippen LogP contribution in [0, 0.1) is 13.8 Å². The fraction of sp³-hybridized carbons (Fsp3) is 0.150. The third-order valence-electron chi connectivity index (χ3n) is 4.09. The van der Waals surface area contributed by atoms with Crippen LogP contribution in [0.25, 0.3) is 6.08 Å². The highest BCUT2D eigenvalue weighted by Gasteiger charge is 2.34. The number of carbonyl (C=O) groups excluding carboxylic acids is 3. The number of nitrogens with zero attached hydrogens (tertiary/aromatic N) is 1. The van der Waals surface area contributed by atoms with E-state index < -0.39 is 17.8 Å². The summed E-state index contributed by atoms with van der Waals surface area (Å²) in [5.74, 6) is -0.952. The lowest BCUT2D eigenvalue weighted by molar-refractivity contribution is -0.127. The van der Waals surface area contributed by atoms with E-state index >= 15 is 0 Å². The smallest absolute Gasteiger partial charge is 0.325 e. The zero-order chi connectivity index (χ0) is 18.7. The lowest BCUT2D eigenvalue weighted by atomic mass is 10.1. The highest BCUT2D eigenvalue weighted by Crippen LogP contribution is 2.17. The number of rotatable bonds is 4. The fourth-order valence-corrected chi connectivity index (χ4v) is 2.60. The average Bonchev–Trinajstić information content (AvgIpc) is 2.86. The van der Waals surface area contributed by atoms with E-state index in [1.807, 2.05) is 50.2 Å². The van der Waals surface area contributed by atoms with Crippen LogP contribution in [0.5, 0.6) is 0 Å². The molecule has 6 nitrogen and oxygen atoms in total. The summed E-state index contributed by atoms with van der Waals surface area (Å²) >= 11 is 0. The standard InChI is InChI=1S/C20H19N3O3/c1-13-7-9-16(10-8-13)21-18(24)12-23-19(25)17(22-20(23)26)11-15-6-4-3-5-14(15)2/h3-11H,12H2,1-2H3,(H,21,24)(H,22,26). The van der Waals surface area contributed by atoms with Gasteiger partial charge in [-0.15, -0.1) is 0 Å². The lowest BCUT2D eigenvalue weighted by Crippen LogP contribution is -2.38. The van der Waals surface area contributed by atoms with Gasteiger partial charge in [-0.3, -0.25) is 9.59 Å². The lowest BCUT2D eigenvalue weighted by Gasteiger charge is -2.12. The minimum atomic E-state index is -0.603. The molecule has 2 aromatic carbocycles. The molecule has 26 heavy (non-hydrogen) atoms. The minimum Gasteiger partial charge on any atom is -0.325 e. The molecule has 1 heterocycles. The van der Waals surface area contributed by atoms with Crippen molar-refractivity contribution in [2.24, 2.45) is 0 Å². The van der Waals surface area contributed by atoms with Crippen molar-refractivity contribution >= 4 is 29.6 Å². The van der Waals surface area contributed by atoms with Crippen molar-refractivity contribution in [2.45, 2.75) is 13.8 Å². The van der Waals surface area contributed by atoms with Crippen molar-refractivity contribution in [1.82, 2.24) is 10.2 Å². The zero-order valence-electron chi connectivity index (χ0n) is 14.6. The van der Waals surface area contributed by atoms with E-state index in [0.29, 0.717) is 5.69 Å². The molecule has 0 aromatic heterocycles. The first kappa shape index (κ1) is 17.4. The number of amides is 4. The fourth-order valence-electron chi connectivity index (χ4n) is 2.60. The predicted octanol–water partition coefficient (Wildman–Crippen LogP) is 2.83. The van der Waals surface area contributed by atoms with Gasteiger partial charge in [-0.25, -0.2) is 9.69 Å². The second-order valence-electron chi connectivity index (χ2n) is 6.15. The van der Waals surface area contributed by atoms with Gasteiger partial charge in [0.1, 0.15) is 12.2 Å². The topological polar surface area (TPSA) is 78.5 Å².